The zero-order chi connectivity index (χ0) is 13.8. The van der Waals surface area contributed by atoms with Crippen molar-refractivity contribution in [3.05, 3.63) is 23.8 Å². The molecule has 3 rings (SSSR count). The summed E-state index contributed by atoms with van der Waals surface area (Å²) in [4.78, 5) is 0. The third-order valence-electron chi connectivity index (χ3n) is 6.11. The normalized spacial score (nSPS) is 35.6. The van der Waals surface area contributed by atoms with Gasteiger partial charge in [-0.2, -0.15) is 0 Å². The molecule has 4 atom stereocenters. The molecule has 0 saturated heterocycles. The van der Waals surface area contributed by atoms with Gasteiger partial charge < -0.3 is 9.84 Å². The molecule has 0 unspecified atom stereocenters. The summed E-state index contributed by atoms with van der Waals surface area (Å²) < 4.78 is 5.24. The van der Waals surface area contributed by atoms with Crippen LogP contribution in [0.1, 0.15) is 45.1 Å². The van der Waals surface area contributed by atoms with E-state index in [0.29, 0.717) is 17.1 Å². The Balaban J connectivity index is 1.90. The van der Waals surface area contributed by atoms with Crippen LogP contribution < -0.4 is 4.74 Å². The molecule has 0 amide bonds. The van der Waals surface area contributed by atoms with Gasteiger partial charge in [0.15, 0.2) is 11.5 Å². The van der Waals surface area contributed by atoms with Gasteiger partial charge >= 0.3 is 0 Å². The predicted molar refractivity (Wildman–Crippen MR) is 76.6 cm³/mol. The number of hydrogen-bond acceptors (Lipinski definition) is 2. The molecule has 0 heterocycles. The van der Waals surface area contributed by atoms with Crippen molar-refractivity contribution in [2.45, 2.75) is 39.5 Å². The maximum absolute atomic E-state index is 9.72. The third kappa shape index (κ3) is 1.76. The first-order chi connectivity index (χ1) is 8.95. The Kier molecular flexibility index (Phi) is 2.81. The van der Waals surface area contributed by atoms with Crippen LogP contribution in [0.3, 0.4) is 0 Å². The molecule has 1 N–H and O–H groups in total. The maximum atomic E-state index is 9.72. The molecule has 2 heteroatoms. The average molecular weight is 260 g/mol. The van der Waals surface area contributed by atoms with Crippen LogP contribution in [0, 0.1) is 23.2 Å². The van der Waals surface area contributed by atoms with Crippen LogP contribution in [0.15, 0.2) is 18.2 Å². The van der Waals surface area contributed by atoms with E-state index in [0.717, 1.165) is 17.8 Å². The van der Waals surface area contributed by atoms with Crippen molar-refractivity contribution in [3.63, 3.8) is 0 Å². The van der Waals surface area contributed by atoms with Gasteiger partial charge in [-0.05, 0) is 59.6 Å². The third-order valence-corrected chi connectivity index (χ3v) is 6.11. The van der Waals surface area contributed by atoms with Crippen LogP contribution in [0.5, 0.6) is 11.5 Å². The number of phenolic OH excluding ortho intramolecular Hbond substituents is 1. The second kappa shape index (κ2) is 4.16. The maximum Gasteiger partial charge on any atom is 0.160 e. The van der Waals surface area contributed by atoms with E-state index in [9.17, 15) is 5.11 Å². The summed E-state index contributed by atoms with van der Waals surface area (Å²) in [5.74, 6) is 3.89. The summed E-state index contributed by atoms with van der Waals surface area (Å²) in [6.45, 7) is 7.26. The van der Waals surface area contributed by atoms with Crippen LogP contribution in [0.2, 0.25) is 0 Å². The number of hydrogen-bond donors (Lipinski definition) is 1. The molecule has 2 bridgehead atoms. The topological polar surface area (TPSA) is 29.5 Å². The fourth-order valence-electron chi connectivity index (χ4n) is 4.46. The zero-order valence-electron chi connectivity index (χ0n) is 12.3. The lowest BCUT2D eigenvalue weighted by Crippen LogP contribution is -2.32. The lowest BCUT2D eigenvalue weighted by Gasteiger charge is -2.40. The monoisotopic (exact) mass is 260 g/mol. The van der Waals surface area contributed by atoms with Crippen LogP contribution in [-0.2, 0) is 0 Å². The molecule has 0 aliphatic heterocycles. The van der Waals surface area contributed by atoms with Crippen molar-refractivity contribution in [1.82, 2.24) is 0 Å². The average Bonchev–Trinajstić information content (AvgIpc) is 2.90. The first-order valence-electron chi connectivity index (χ1n) is 7.32. The lowest BCUT2D eigenvalue weighted by molar-refractivity contribution is 0.122. The molecule has 2 aliphatic carbocycles. The van der Waals surface area contributed by atoms with Gasteiger partial charge in [0.25, 0.3) is 0 Å². The summed E-state index contributed by atoms with van der Waals surface area (Å²) >= 11 is 0. The number of methoxy groups -OCH3 is 1. The van der Waals surface area contributed by atoms with Crippen molar-refractivity contribution in [2.75, 3.05) is 7.11 Å². The molecule has 1 aromatic carbocycles. The number of benzene rings is 1. The minimum atomic E-state index is 0.239. The minimum absolute atomic E-state index is 0.239. The van der Waals surface area contributed by atoms with Crippen LogP contribution >= 0.6 is 0 Å². The molecule has 104 valence electrons. The fraction of sp³-hybridized carbons (Fsp3) is 0.647. The molecule has 2 saturated carbocycles. The Labute approximate surface area is 115 Å². The standard InChI is InChI=1S/C17H24O2/c1-10-13-8-12(17(10,2)3)9-14(13)11-5-6-15(18)16(7-11)19-4/h5-7,10,12-14,18H,8-9H2,1-4H3/t10-,12+,13-,14+/m1/s1. The highest BCUT2D eigenvalue weighted by molar-refractivity contribution is 5.43. The second-order valence-electron chi connectivity index (χ2n) is 6.98. The molecule has 2 fully saturated rings. The van der Waals surface area contributed by atoms with E-state index in [4.69, 9.17) is 4.74 Å². The Morgan fingerprint density at radius 1 is 1.26 bits per heavy atom. The Morgan fingerprint density at radius 2 is 2.00 bits per heavy atom. The molecule has 0 spiro atoms. The van der Waals surface area contributed by atoms with Crippen molar-refractivity contribution in [3.8, 4) is 11.5 Å². The van der Waals surface area contributed by atoms with E-state index in [-0.39, 0.29) is 5.75 Å². The van der Waals surface area contributed by atoms with E-state index in [1.165, 1.54) is 18.4 Å². The van der Waals surface area contributed by atoms with Gasteiger partial charge in [0, 0.05) is 0 Å². The Hall–Kier alpha value is -1.18. The Morgan fingerprint density at radius 3 is 2.58 bits per heavy atom. The molecule has 19 heavy (non-hydrogen) atoms. The minimum Gasteiger partial charge on any atom is -0.504 e. The summed E-state index contributed by atoms with van der Waals surface area (Å²) in [5.41, 5.74) is 1.83. The van der Waals surface area contributed by atoms with Crippen molar-refractivity contribution in [1.29, 1.82) is 0 Å². The van der Waals surface area contributed by atoms with Gasteiger partial charge in [-0.25, -0.2) is 0 Å². The van der Waals surface area contributed by atoms with Crippen molar-refractivity contribution >= 4 is 0 Å². The summed E-state index contributed by atoms with van der Waals surface area (Å²) in [7, 11) is 1.62. The largest absolute Gasteiger partial charge is 0.504 e. The quantitative estimate of drug-likeness (QED) is 0.864. The SMILES string of the molecule is COc1cc([C@@H]2C[C@@H]3C[C@@H]2[C@@H](C)C3(C)C)ccc1O. The van der Waals surface area contributed by atoms with Crippen molar-refractivity contribution < 1.29 is 9.84 Å². The number of phenols is 1. The van der Waals surface area contributed by atoms with Gasteiger partial charge in [-0.1, -0.05) is 26.8 Å². The van der Waals surface area contributed by atoms with E-state index in [1.807, 2.05) is 6.07 Å². The summed E-state index contributed by atoms with van der Waals surface area (Å²) in [6.07, 6.45) is 2.65. The first kappa shape index (κ1) is 12.8. The molecule has 1 aromatic rings. The fourth-order valence-corrected chi connectivity index (χ4v) is 4.46. The van der Waals surface area contributed by atoms with Gasteiger partial charge in [-0.3, -0.25) is 0 Å². The van der Waals surface area contributed by atoms with Gasteiger partial charge in [0.05, 0.1) is 7.11 Å². The Bertz CT molecular complexity index is 488. The highest BCUT2D eigenvalue weighted by Gasteiger charge is 2.55. The van der Waals surface area contributed by atoms with E-state index >= 15 is 0 Å². The van der Waals surface area contributed by atoms with Crippen LogP contribution in [0.4, 0.5) is 0 Å². The van der Waals surface area contributed by atoms with Crippen molar-refractivity contribution in [2.24, 2.45) is 23.2 Å². The summed E-state index contributed by atoms with van der Waals surface area (Å²) in [5, 5.41) is 9.72. The number of aromatic hydroxyl groups is 1. The molecule has 2 aliphatic rings. The number of ether oxygens (including phenoxy) is 1. The van der Waals surface area contributed by atoms with Gasteiger partial charge in [-0.15, -0.1) is 0 Å². The van der Waals surface area contributed by atoms with Crippen LogP contribution in [-0.4, -0.2) is 12.2 Å². The van der Waals surface area contributed by atoms with E-state index < -0.39 is 0 Å². The second-order valence-corrected chi connectivity index (χ2v) is 6.98. The number of rotatable bonds is 2. The van der Waals surface area contributed by atoms with Crippen LogP contribution in [0.25, 0.3) is 0 Å². The summed E-state index contributed by atoms with van der Waals surface area (Å²) in [6, 6.07) is 5.87. The molecule has 0 radical (unpaired) electrons. The van der Waals surface area contributed by atoms with Gasteiger partial charge in [0.1, 0.15) is 0 Å². The molecule has 2 nitrogen and oxygen atoms in total. The highest BCUT2D eigenvalue weighted by atomic mass is 16.5. The smallest absolute Gasteiger partial charge is 0.160 e. The van der Waals surface area contributed by atoms with E-state index in [2.05, 4.69) is 26.8 Å². The predicted octanol–water partition coefficient (Wildman–Crippen LogP) is 4.19. The molecule has 0 aromatic heterocycles. The molecular weight excluding hydrogens is 236 g/mol. The zero-order valence-corrected chi connectivity index (χ0v) is 12.3. The highest BCUT2D eigenvalue weighted by Crippen LogP contribution is 2.64. The number of fused-ring (bicyclic) bond motifs is 2. The first-order valence-corrected chi connectivity index (χ1v) is 7.32. The molecular formula is C17H24O2. The lowest BCUT2D eigenvalue weighted by atomic mass is 9.65. The van der Waals surface area contributed by atoms with Gasteiger partial charge in [0.2, 0.25) is 0 Å². The van der Waals surface area contributed by atoms with E-state index in [1.54, 1.807) is 13.2 Å².